The summed E-state index contributed by atoms with van der Waals surface area (Å²) in [6.45, 7) is 0.237. The molecule has 2 rings (SSSR count). The van der Waals surface area contributed by atoms with E-state index < -0.39 is 23.2 Å². The monoisotopic (exact) mass is 231 g/mol. The van der Waals surface area contributed by atoms with Crippen LogP contribution in [0.3, 0.4) is 0 Å². The lowest BCUT2D eigenvalue weighted by Gasteiger charge is -2.32. The van der Waals surface area contributed by atoms with Gasteiger partial charge in [0.25, 0.3) is 11.5 Å². The Morgan fingerprint density at radius 2 is 2.19 bits per heavy atom. The van der Waals surface area contributed by atoms with Gasteiger partial charge in [-0.1, -0.05) is 0 Å². The summed E-state index contributed by atoms with van der Waals surface area (Å²) in [6, 6.07) is -0.183. The molecular weight excluding hydrogens is 220 g/mol. The number of alkyl halides is 2. The molecule has 1 aliphatic heterocycles. The molecule has 88 valence electrons. The van der Waals surface area contributed by atoms with Gasteiger partial charge < -0.3 is 5.32 Å². The normalized spacial score (nSPS) is 24.2. The van der Waals surface area contributed by atoms with Gasteiger partial charge in [-0.25, -0.2) is 13.6 Å². The van der Waals surface area contributed by atoms with Crippen molar-refractivity contribution in [2.45, 2.75) is 18.4 Å². The first-order chi connectivity index (χ1) is 7.50. The molecular formula is C9H11F2N3O2. The van der Waals surface area contributed by atoms with Crippen LogP contribution in [0.1, 0.15) is 12.5 Å². The third-order valence-electron chi connectivity index (χ3n) is 2.65. The van der Waals surface area contributed by atoms with E-state index >= 15 is 0 Å². The molecule has 1 unspecified atom stereocenters. The highest BCUT2D eigenvalue weighted by molar-refractivity contribution is 4.94. The van der Waals surface area contributed by atoms with Gasteiger partial charge in [0.2, 0.25) is 0 Å². The molecule has 1 fully saturated rings. The second-order valence-corrected chi connectivity index (χ2v) is 3.75. The van der Waals surface area contributed by atoms with Crippen LogP contribution in [-0.2, 0) is 0 Å². The summed E-state index contributed by atoms with van der Waals surface area (Å²) in [5.74, 6) is -2.94. The first-order valence-electron chi connectivity index (χ1n) is 4.91. The second kappa shape index (κ2) is 3.82. The molecule has 0 aromatic carbocycles. The maximum Gasteiger partial charge on any atom is 0.328 e. The minimum atomic E-state index is -2.94. The zero-order chi connectivity index (χ0) is 11.8. The van der Waals surface area contributed by atoms with Crippen molar-refractivity contribution in [3.05, 3.63) is 33.1 Å². The Bertz CT molecular complexity index is 494. The molecule has 1 atom stereocenters. The number of rotatable bonds is 1. The minimum absolute atomic E-state index is 0.0128. The minimum Gasteiger partial charge on any atom is -0.314 e. The summed E-state index contributed by atoms with van der Waals surface area (Å²) < 4.78 is 28.0. The number of nitrogens with zero attached hydrogens (tertiary/aromatic N) is 1. The zero-order valence-electron chi connectivity index (χ0n) is 8.37. The molecule has 1 aromatic rings. The van der Waals surface area contributed by atoms with Crippen molar-refractivity contribution in [2.24, 2.45) is 0 Å². The van der Waals surface area contributed by atoms with E-state index in [1.54, 1.807) is 0 Å². The molecule has 0 saturated carbocycles. The Labute approximate surface area is 89.1 Å². The Hall–Kier alpha value is -1.50. The summed E-state index contributed by atoms with van der Waals surface area (Å²) in [4.78, 5) is 24.2. The third kappa shape index (κ3) is 1.90. The van der Waals surface area contributed by atoms with Crippen LogP contribution in [0.2, 0.25) is 0 Å². The highest BCUT2D eigenvalue weighted by atomic mass is 19.3. The van der Waals surface area contributed by atoms with Gasteiger partial charge in [0.15, 0.2) is 0 Å². The fourth-order valence-corrected chi connectivity index (χ4v) is 1.78. The lowest BCUT2D eigenvalue weighted by molar-refractivity contribution is -0.0723. The van der Waals surface area contributed by atoms with Crippen molar-refractivity contribution >= 4 is 0 Å². The van der Waals surface area contributed by atoms with Crippen LogP contribution in [0.15, 0.2) is 21.9 Å². The smallest absolute Gasteiger partial charge is 0.314 e. The maximum atomic E-state index is 13.5. The number of piperidine rings is 1. The third-order valence-corrected chi connectivity index (χ3v) is 2.65. The van der Waals surface area contributed by atoms with Crippen LogP contribution >= 0.6 is 0 Å². The Kier molecular flexibility index (Phi) is 2.63. The van der Waals surface area contributed by atoms with E-state index in [1.165, 1.54) is 0 Å². The topological polar surface area (TPSA) is 66.9 Å². The number of aromatic amines is 1. The van der Waals surface area contributed by atoms with Crippen LogP contribution in [0.5, 0.6) is 0 Å². The molecule has 0 spiro atoms. The number of nitrogens with one attached hydrogen (secondary N) is 2. The molecule has 0 radical (unpaired) electrons. The predicted octanol–water partition coefficient (Wildman–Crippen LogP) is -0.294. The quantitative estimate of drug-likeness (QED) is 0.697. The molecule has 1 saturated heterocycles. The van der Waals surface area contributed by atoms with Gasteiger partial charge in [0, 0.05) is 31.8 Å². The van der Waals surface area contributed by atoms with E-state index in [-0.39, 0.29) is 19.5 Å². The standard InChI is InChI=1S/C9H11F2N3O2/c10-9(11)2-3-12-5-6(9)14-4-1-7(15)13-8(14)16/h1,4,6,12H,2-3,5H2,(H,13,15,16). The van der Waals surface area contributed by atoms with Crippen molar-refractivity contribution < 1.29 is 8.78 Å². The number of aromatic nitrogens is 2. The van der Waals surface area contributed by atoms with Gasteiger partial charge in [0.05, 0.1) is 0 Å². The summed E-state index contributed by atoms with van der Waals surface area (Å²) >= 11 is 0. The van der Waals surface area contributed by atoms with E-state index in [0.29, 0.717) is 0 Å². The Morgan fingerprint density at radius 1 is 1.44 bits per heavy atom. The van der Waals surface area contributed by atoms with Gasteiger partial charge in [-0.05, 0) is 0 Å². The van der Waals surface area contributed by atoms with Gasteiger partial charge in [-0.2, -0.15) is 0 Å². The molecule has 1 aromatic heterocycles. The average Bonchev–Trinajstić information content (AvgIpc) is 2.19. The van der Waals surface area contributed by atoms with Crippen LogP contribution in [0.25, 0.3) is 0 Å². The molecule has 0 bridgehead atoms. The molecule has 7 heteroatoms. The van der Waals surface area contributed by atoms with Crippen molar-refractivity contribution in [3.63, 3.8) is 0 Å². The van der Waals surface area contributed by atoms with E-state index in [2.05, 4.69) is 5.32 Å². The number of hydrogen-bond acceptors (Lipinski definition) is 3. The fourth-order valence-electron chi connectivity index (χ4n) is 1.78. The summed E-state index contributed by atoms with van der Waals surface area (Å²) in [5.41, 5.74) is -1.39. The van der Waals surface area contributed by atoms with Crippen molar-refractivity contribution in [1.29, 1.82) is 0 Å². The van der Waals surface area contributed by atoms with Crippen LogP contribution in [0, 0.1) is 0 Å². The van der Waals surface area contributed by atoms with E-state index in [0.717, 1.165) is 16.8 Å². The molecule has 0 amide bonds. The fraction of sp³-hybridized carbons (Fsp3) is 0.556. The van der Waals surface area contributed by atoms with Gasteiger partial charge in [0.1, 0.15) is 6.04 Å². The lowest BCUT2D eigenvalue weighted by atomic mass is 10.0. The van der Waals surface area contributed by atoms with Crippen molar-refractivity contribution in [2.75, 3.05) is 13.1 Å². The highest BCUT2D eigenvalue weighted by Gasteiger charge is 2.43. The number of hydrogen-bond donors (Lipinski definition) is 2. The first kappa shape index (κ1) is 11.0. The van der Waals surface area contributed by atoms with Crippen LogP contribution < -0.4 is 16.6 Å². The molecule has 2 N–H and O–H groups in total. The molecule has 5 nitrogen and oxygen atoms in total. The van der Waals surface area contributed by atoms with Gasteiger partial charge in [-0.15, -0.1) is 0 Å². The molecule has 2 heterocycles. The Morgan fingerprint density at radius 3 is 2.81 bits per heavy atom. The maximum absolute atomic E-state index is 13.5. The first-order valence-corrected chi connectivity index (χ1v) is 4.91. The second-order valence-electron chi connectivity index (χ2n) is 3.75. The number of halogens is 2. The van der Waals surface area contributed by atoms with Crippen molar-refractivity contribution in [3.8, 4) is 0 Å². The number of H-pyrrole nitrogens is 1. The summed E-state index contributed by atoms with van der Waals surface area (Å²) in [6.07, 6.45) is 0.788. The predicted molar refractivity (Wildman–Crippen MR) is 52.8 cm³/mol. The summed E-state index contributed by atoms with van der Waals surface area (Å²) in [7, 11) is 0. The Balaban J connectivity index is 2.43. The SMILES string of the molecule is O=c1ccn(C2CNCCC2(F)F)c(=O)[nH]1. The van der Waals surface area contributed by atoms with Gasteiger partial charge in [-0.3, -0.25) is 14.3 Å². The largest absolute Gasteiger partial charge is 0.328 e. The molecule has 0 aliphatic carbocycles. The van der Waals surface area contributed by atoms with Crippen LogP contribution in [-0.4, -0.2) is 28.6 Å². The molecule has 1 aliphatic rings. The zero-order valence-corrected chi connectivity index (χ0v) is 8.37. The average molecular weight is 231 g/mol. The van der Waals surface area contributed by atoms with E-state index in [9.17, 15) is 18.4 Å². The highest BCUT2D eigenvalue weighted by Crippen LogP contribution is 2.32. The lowest BCUT2D eigenvalue weighted by Crippen LogP contribution is -2.49. The van der Waals surface area contributed by atoms with E-state index in [1.807, 2.05) is 4.98 Å². The van der Waals surface area contributed by atoms with Crippen molar-refractivity contribution in [1.82, 2.24) is 14.9 Å². The van der Waals surface area contributed by atoms with Gasteiger partial charge >= 0.3 is 5.69 Å². The molecule has 16 heavy (non-hydrogen) atoms. The van der Waals surface area contributed by atoms with Crippen LogP contribution in [0.4, 0.5) is 8.78 Å². The summed E-state index contributed by atoms with van der Waals surface area (Å²) in [5, 5.41) is 2.80. The van der Waals surface area contributed by atoms with E-state index in [4.69, 9.17) is 0 Å².